The molecule has 160 valence electrons. The van der Waals surface area contributed by atoms with Gasteiger partial charge in [-0.3, -0.25) is 9.59 Å². The van der Waals surface area contributed by atoms with Crippen molar-refractivity contribution in [2.75, 3.05) is 10.6 Å². The molecule has 0 fully saturated rings. The van der Waals surface area contributed by atoms with Crippen LogP contribution in [0, 0.1) is 0 Å². The van der Waals surface area contributed by atoms with Gasteiger partial charge in [0.25, 0.3) is 5.91 Å². The van der Waals surface area contributed by atoms with E-state index >= 15 is 0 Å². The van der Waals surface area contributed by atoms with Gasteiger partial charge >= 0.3 is 6.18 Å². The van der Waals surface area contributed by atoms with Crippen LogP contribution in [0.2, 0.25) is 5.02 Å². The lowest BCUT2D eigenvalue weighted by Gasteiger charge is -2.11. The maximum absolute atomic E-state index is 12.8. The number of rotatable bonds is 6. The van der Waals surface area contributed by atoms with Gasteiger partial charge < -0.3 is 10.6 Å². The van der Waals surface area contributed by atoms with Gasteiger partial charge in [0.2, 0.25) is 5.91 Å². The highest BCUT2D eigenvalue weighted by atomic mass is 35.5. The zero-order valence-corrected chi connectivity index (χ0v) is 16.9. The summed E-state index contributed by atoms with van der Waals surface area (Å²) in [5, 5.41) is 5.73. The fourth-order valence-electron chi connectivity index (χ4n) is 2.89. The van der Waals surface area contributed by atoms with E-state index in [2.05, 4.69) is 10.6 Å². The maximum Gasteiger partial charge on any atom is 0.416 e. The summed E-state index contributed by atoms with van der Waals surface area (Å²) >= 11 is 6.09. The molecule has 0 atom stereocenters. The van der Waals surface area contributed by atoms with Crippen LogP contribution in [0.1, 0.15) is 27.9 Å². The second kappa shape index (κ2) is 9.66. The molecule has 0 aliphatic rings. The summed E-state index contributed by atoms with van der Waals surface area (Å²) in [4.78, 5) is 24.7. The van der Waals surface area contributed by atoms with Gasteiger partial charge in [-0.2, -0.15) is 13.2 Å². The Kier molecular flexibility index (Phi) is 6.97. The van der Waals surface area contributed by atoms with E-state index in [1.807, 2.05) is 18.2 Å². The van der Waals surface area contributed by atoms with E-state index < -0.39 is 17.6 Å². The molecule has 4 nitrogen and oxygen atoms in total. The highest BCUT2D eigenvalue weighted by Crippen LogP contribution is 2.30. The zero-order chi connectivity index (χ0) is 22.4. The number of alkyl halides is 3. The van der Waals surface area contributed by atoms with Crippen LogP contribution < -0.4 is 10.6 Å². The van der Waals surface area contributed by atoms with Crippen molar-refractivity contribution in [1.29, 1.82) is 0 Å². The molecule has 8 heteroatoms. The maximum atomic E-state index is 12.8. The van der Waals surface area contributed by atoms with E-state index in [4.69, 9.17) is 11.6 Å². The zero-order valence-electron chi connectivity index (χ0n) is 16.2. The SMILES string of the molecule is O=C(CCc1ccccc1Cl)Nc1cccc(C(=O)Nc2cccc(C(F)(F)F)c2)c1. The Morgan fingerprint density at radius 1 is 0.839 bits per heavy atom. The van der Waals surface area contributed by atoms with Crippen LogP contribution in [-0.2, 0) is 17.4 Å². The second-order valence-corrected chi connectivity index (χ2v) is 7.16. The Bertz CT molecular complexity index is 1100. The molecular weight excluding hydrogens is 429 g/mol. The fraction of sp³-hybridized carbons (Fsp3) is 0.130. The molecule has 0 aromatic heterocycles. The van der Waals surface area contributed by atoms with Crippen molar-refractivity contribution in [3.05, 3.63) is 94.5 Å². The van der Waals surface area contributed by atoms with Gasteiger partial charge in [-0.15, -0.1) is 0 Å². The number of benzene rings is 3. The van der Waals surface area contributed by atoms with Crippen molar-refractivity contribution in [3.63, 3.8) is 0 Å². The van der Waals surface area contributed by atoms with Crippen molar-refractivity contribution in [2.24, 2.45) is 0 Å². The molecule has 0 radical (unpaired) electrons. The molecular formula is C23H18ClF3N2O2. The van der Waals surface area contributed by atoms with Gasteiger partial charge in [0.05, 0.1) is 5.56 Å². The lowest BCUT2D eigenvalue weighted by molar-refractivity contribution is -0.137. The monoisotopic (exact) mass is 446 g/mol. The van der Waals surface area contributed by atoms with Crippen molar-refractivity contribution in [3.8, 4) is 0 Å². The molecule has 0 aliphatic carbocycles. The number of amides is 2. The summed E-state index contributed by atoms with van der Waals surface area (Å²) in [6.07, 6.45) is -3.85. The van der Waals surface area contributed by atoms with Crippen LogP contribution >= 0.6 is 11.6 Å². The quantitative estimate of drug-likeness (QED) is 0.475. The van der Waals surface area contributed by atoms with E-state index in [0.29, 0.717) is 17.1 Å². The summed E-state index contributed by atoms with van der Waals surface area (Å²) < 4.78 is 38.5. The summed E-state index contributed by atoms with van der Waals surface area (Å²) in [6, 6.07) is 17.8. The fourth-order valence-corrected chi connectivity index (χ4v) is 3.12. The summed E-state index contributed by atoms with van der Waals surface area (Å²) in [5.41, 5.74) is 0.620. The number of hydrogen-bond donors (Lipinski definition) is 2. The first-order valence-electron chi connectivity index (χ1n) is 9.34. The van der Waals surface area contributed by atoms with Gasteiger partial charge in [0, 0.05) is 28.4 Å². The molecule has 0 spiro atoms. The largest absolute Gasteiger partial charge is 0.416 e. The van der Waals surface area contributed by atoms with Crippen LogP contribution in [0.25, 0.3) is 0 Å². The molecule has 0 aliphatic heterocycles. The number of carbonyl (C=O) groups is 2. The van der Waals surface area contributed by atoms with Crippen molar-refractivity contribution < 1.29 is 22.8 Å². The highest BCUT2D eigenvalue weighted by Gasteiger charge is 2.30. The molecule has 3 rings (SSSR count). The Hall–Kier alpha value is -3.32. The first-order chi connectivity index (χ1) is 14.7. The van der Waals surface area contributed by atoms with Crippen LogP contribution in [0.15, 0.2) is 72.8 Å². The van der Waals surface area contributed by atoms with E-state index in [-0.39, 0.29) is 23.6 Å². The summed E-state index contributed by atoms with van der Waals surface area (Å²) in [5.74, 6) is -0.846. The lowest BCUT2D eigenvalue weighted by Crippen LogP contribution is -2.15. The minimum absolute atomic E-state index is 0.0222. The first kappa shape index (κ1) is 22.4. The Morgan fingerprint density at radius 3 is 2.23 bits per heavy atom. The number of nitrogens with one attached hydrogen (secondary N) is 2. The van der Waals surface area contributed by atoms with Crippen LogP contribution in [-0.4, -0.2) is 11.8 Å². The van der Waals surface area contributed by atoms with Crippen LogP contribution in [0.5, 0.6) is 0 Å². The van der Waals surface area contributed by atoms with E-state index in [9.17, 15) is 22.8 Å². The van der Waals surface area contributed by atoms with Gasteiger partial charge in [-0.05, 0) is 54.4 Å². The van der Waals surface area contributed by atoms with Crippen LogP contribution in [0.4, 0.5) is 24.5 Å². The average Bonchev–Trinajstić information content (AvgIpc) is 2.73. The molecule has 3 aromatic carbocycles. The van der Waals surface area contributed by atoms with E-state index in [0.717, 1.165) is 17.7 Å². The number of aryl methyl sites for hydroxylation is 1. The Balaban J connectivity index is 1.62. The third kappa shape index (κ3) is 6.33. The van der Waals surface area contributed by atoms with Crippen molar-refractivity contribution in [2.45, 2.75) is 19.0 Å². The lowest BCUT2D eigenvalue weighted by atomic mass is 10.1. The molecule has 0 heterocycles. The number of halogens is 4. The van der Waals surface area contributed by atoms with Crippen molar-refractivity contribution in [1.82, 2.24) is 0 Å². The van der Waals surface area contributed by atoms with E-state index in [1.165, 1.54) is 24.3 Å². The highest BCUT2D eigenvalue weighted by molar-refractivity contribution is 6.31. The summed E-state index contributed by atoms with van der Waals surface area (Å²) in [6.45, 7) is 0. The minimum atomic E-state index is -4.51. The Labute approximate surface area is 182 Å². The predicted octanol–water partition coefficient (Wildman–Crippen LogP) is 6.18. The number of hydrogen-bond acceptors (Lipinski definition) is 2. The normalized spacial score (nSPS) is 11.1. The van der Waals surface area contributed by atoms with Gasteiger partial charge in [-0.1, -0.05) is 41.9 Å². The number of carbonyl (C=O) groups excluding carboxylic acids is 2. The van der Waals surface area contributed by atoms with Gasteiger partial charge in [0.15, 0.2) is 0 Å². The third-order valence-corrected chi connectivity index (χ3v) is 4.80. The molecule has 2 amide bonds. The molecule has 2 N–H and O–H groups in total. The average molecular weight is 447 g/mol. The van der Waals surface area contributed by atoms with Gasteiger partial charge in [-0.25, -0.2) is 0 Å². The molecule has 0 saturated carbocycles. The van der Waals surface area contributed by atoms with Gasteiger partial charge in [0.1, 0.15) is 0 Å². The summed E-state index contributed by atoms with van der Waals surface area (Å²) in [7, 11) is 0. The first-order valence-corrected chi connectivity index (χ1v) is 9.72. The standard InChI is InChI=1S/C23H18ClF3N2O2/c24-20-10-2-1-5-15(20)11-12-21(30)28-18-8-3-6-16(13-18)22(31)29-19-9-4-7-17(14-19)23(25,26)27/h1-10,13-14H,11-12H2,(H,28,30)(H,29,31). The minimum Gasteiger partial charge on any atom is -0.326 e. The molecule has 31 heavy (non-hydrogen) atoms. The molecule has 3 aromatic rings. The molecule has 0 unspecified atom stereocenters. The third-order valence-electron chi connectivity index (χ3n) is 4.44. The van der Waals surface area contributed by atoms with E-state index in [1.54, 1.807) is 18.2 Å². The molecule has 0 bridgehead atoms. The Morgan fingerprint density at radius 2 is 1.52 bits per heavy atom. The second-order valence-electron chi connectivity index (χ2n) is 6.75. The molecule has 0 saturated heterocycles. The number of anilines is 2. The smallest absolute Gasteiger partial charge is 0.326 e. The van der Waals surface area contributed by atoms with Crippen LogP contribution in [0.3, 0.4) is 0 Å². The predicted molar refractivity (Wildman–Crippen MR) is 114 cm³/mol. The topological polar surface area (TPSA) is 58.2 Å². The van der Waals surface area contributed by atoms with Crippen molar-refractivity contribution >= 4 is 34.8 Å².